The summed E-state index contributed by atoms with van der Waals surface area (Å²) in [7, 11) is 0. The third-order valence-corrected chi connectivity index (χ3v) is 9.92. The largest absolute Gasteiger partial charge is 0.458 e. The summed E-state index contributed by atoms with van der Waals surface area (Å²) in [6.45, 7) is 10.8. The van der Waals surface area contributed by atoms with Gasteiger partial charge >= 0.3 is 5.97 Å². The summed E-state index contributed by atoms with van der Waals surface area (Å²) >= 11 is 1.64. The number of esters is 1. The summed E-state index contributed by atoms with van der Waals surface area (Å²) in [6, 6.07) is 38.9. The number of pyridine rings is 1. The molecule has 53 heavy (non-hydrogen) atoms. The highest BCUT2D eigenvalue weighted by atomic mass is 32.2. The summed E-state index contributed by atoms with van der Waals surface area (Å²) < 4.78 is 33.9. The van der Waals surface area contributed by atoms with E-state index in [2.05, 4.69) is 24.1 Å². The predicted molar refractivity (Wildman–Crippen MR) is 211 cm³/mol. The molecule has 6 atom stereocenters. The number of carbonyl (C=O) groups is 1. The molecule has 4 aromatic carbocycles. The molecule has 0 spiro atoms. The van der Waals surface area contributed by atoms with Crippen LogP contribution in [0.4, 0.5) is 5.69 Å². The molecule has 9 heteroatoms. The molecule has 278 valence electrons. The van der Waals surface area contributed by atoms with Gasteiger partial charge in [-0.3, -0.25) is 4.98 Å². The van der Waals surface area contributed by atoms with Crippen molar-refractivity contribution in [1.29, 1.82) is 0 Å². The number of benzene rings is 4. The smallest absolute Gasteiger partial charge is 0.331 e. The van der Waals surface area contributed by atoms with Crippen LogP contribution in [0, 0.1) is 0 Å². The average Bonchev–Trinajstić information content (AvgIpc) is 3.15. The number of ether oxygens (including phenoxy) is 5. The minimum absolute atomic E-state index is 0.176. The van der Waals surface area contributed by atoms with Gasteiger partial charge in [-0.15, -0.1) is 11.8 Å². The molecule has 0 saturated carbocycles. The first-order chi connectivity index (χ1) is 25.6. The molecule has 1 aromatic heterocycles. The van der Waals surface area contributed by atoms with Gasteiger partial charge in [-0.05, 0) is 49.6 Å². The van der Waals surface area contributed by atoms with E-state index in [1.807, 2.05) is 142 Å². The Kier molecular flexibility index (Phi) is 13.2. The van der Waals surface area contributed by atoms with Crippen LogP contribution in [0.5, 0.6) is 0 Å². The Bertz CT molecular complexity index is 1870. The Balaban J connectivity index is 1.45. The zero-order valence-corrected chi connectivity index (χ0v) is 31.9. The van der Waals surface area contributed by atoms with E-state index in [0.29, 0.717) is 18.9 Å². The monoisotopic (exact) mass is 734 g/mol. The molecule has 6 rings (SSSR count). The zero-order valence-electron chi connectivity index (χ0n) is 31.1. The highest BCUT2D eigenvalue weighted by Crippen LogP contribution is 2.39. The number of anilines is 1. The highest BCUT2D eigenvalue weighted by molar-refractivity contribution is 8.00. The van der Waals surface area contributed by atoms with E-state index in [1.165, 1.54) is 0 Å². The number of hydrogen-bond acceptors (Lipinski definition) is 9. The topological polar surface area (TPSA) is 88.1 Å². The molecular formula is C44H50N2O6S. The number of aromatic nitrogens is 1. The van der Waals surface area contributed by atoms with Gasteiger partial charge in [0.05, 0.1) is 31.0 Å². The minimum Gasteiger partial charge on any atom is -0.458 e. The van der Waals surface area contributed by atoms with Gasteiger partial charge in [0.15, 0.2) is 6.04 Å². The molecule has 2 heterocycles. The van der Waals surface area contributed by atoms with Gasteiger partial charge in [-0.25, -0.2) is 4.79 Å². The van der Waals surface area contributed by atoms with E-state index >= 15 is 0 Å². The maximum Gasteiger partial charge on any atom is 0.331 e. The van der Waals surface area contributed by atoms with Crippen molar-refractivity contribution in [2.24, 2.45) is 0 Å². The van der Waals surface area contributed by atoms with Gasteiger partial charge in [0.2, 0.25) is 0 Å². The van der Waals surface area contributed by atoms with Crippen LogP contribution in [0.15, 0.2) is 128 Å². The standard InChI is InChI=1S/C44H50N2O6S/c1-30(2)53-43-41(50-29-33-21-13-8-14-22-33)40(49-28-32-19-11-7-12-20-32)39(48-27-31-17-9-6-10-18-31)38(51-43)37(42(47)52-44(3,4)5)46-35-25-15-23-34-24-16-26-45-36(34)35/h6-26,30,37-41,43,46H,27-29H2,1-5H3/t37-,38-,39-,40-,41+,43-/m0/s1. The number of nitrogens with zero attached hydrogens (tertiary/aromatic N) is 1. The number of nitrogens with one attached hydrogen (secondary N) is 1. The van der Waals surface area contributed by atoms with Crippen LogP contribution in [-0.4, -0.2) is 57.7 Å². The van der Waals surface area contributed by atoms with Gasteiger partial charge in [0.25, 0.3) is 0 Å². The van der Waals surface area contributed by atoms with Crippen molar-refractivity contribution in [2.75, 3.05) is 5.32 Å². The number of hydrogen-bond donors (Lipinski definition) is 1. The third-order valence-electron chi connectivity index (χ3n) is 8.73. The van der Waals surface area contributed by atoms with E-state index in [-0.39, 0.29) is 11.9 Å². The van der Waals surface area contributed by atoms with Gasteiger partial charge in [0.1, 0.15) is 35.5 Å². The van der Waals surface area contributed by atoms with E-state index < -0.39 is 47.5 Å². The lowest BCUT2D eigenvalue weighted by Crippen LogP contribution is -2.65. The summed E-state index contributed by atoms with van der Waals surface area (Å²) in [5.74, 6) is -0.470. The molecule has 0 unspecified atom stereocenters. The molecule has 1 aliphatic heterocycles. The molecular weight excluding hydrogens is 685 g/mol. The third kappa shape index (κ3) is 10.7. The van der Waals surface area contributed by atoms with Crippen molar-refractivity contribution in [3.05, 3.63) is 144 Å². The maximum atomic E-state index is 14.5. The fourth-order valence-electron chi connectivity index (χ4n) is 6.37. The molecule has 0 amide bonds. The highest BCUT2D eigenvalue weighted by Gasteiger charge is 2.53. The molecule has 1 saturated heterocycles. The summed E-state index contributed by atoms with van der Waals surface area (Å²) in [6.07, 6.45) is -1.08. The van der Waals surface area contributed by atoms with E-state index in [9.17, 15) is 4.79 Å². The second kappa shape index (κ2) is 18.2. The first-order valence-corrected chi connectivity index (χ1v) is 19.2. The number of carbonyl (C=O) groups excluding carboxylic acids is 1. The quantitative estimate of drug-likeness (QED) is 0.106. The molecule has 8 nitrogen and oxygen atoms in total. The Labute approximate surface area is 317 Å². The number of para-hydroxylation sites is 1. The van der Waals surface area contributed by atoms with Crippen molar-refractivity contribution in [1.82, 2.24) is 4.98 Å². The molecule has 5 aromatic rings. The van der Waals surface area contributed by atoms with Crippen molar-refractivity contribution >= 4 is 34.3 Å². The van der Waals surface area contributed by atoms with E-state index in [4.69, 9.17) is 23.7 Å². The summed E-state index contributed by atoms with van der Waals surface area (Å²) in [4.78, 5) is 19.2. The minimum atomic E-state index is -1.00. The molecule has 1 N–H and O–H groups in total. The second-order valence-corrected chi connectivity index (χ2v) is 16.2. The van der Waals surface area contributed by atoms with Crippen LogP contribution < -0.4 is 5.32 Å². The predicted octanol–water partition coefficient (Wildman–Crippen LogP) is 8.98. The lowest BCUT2D eigenvalue weighted by molar-refractivity contribution is -0.250. The van der Waals surface area contributed by atoms with Crippen molar-refractivity contribution < 1.29 is 28.5 Å². The lowest BCUT2D eigenvalue weighted by atomic mass is 9.93. The maximum absolute atomic E-state index is 14.5. The van der Waals surface area contributed by atoms with Crippen LogP contribution in [0.2, 0.25) is 0 Å². The SMILES string of the molecule is CC(C)S[C@@H]1O[C@@H]([C@H](Nc2cccc3cccnc23)C(=O)OC(C)(C)C)[C@H](OCc2ccccc2)[C@H](OCc2ccccc2)[C@H]1OCc1ccccc1. The Morgan fingerprint density at radius 1 is 0.717 bits per heavy atom. The van der Waals surface area contributed by atoms with Crippen LogP contribution in [0.1, 0.15) is 51.3 Å². The second-order valence-electron chi connectivity index (χ2n) is 14.5. The van der Waals surface area contributed by atoms with Gasteiger partial charge in [0, 0.05) is 16.8 Å². The first kappa shape index (κ1) is 38.5. The Morgan fingerprint density at radius 2 is 1.25 bits per heavy atom. The number of thioether (sulfide) groups is 1. The summed E-state index contributed by atoms with van der Waals surface area (Å²) in [5.41, 5.74) is 3.16. The summed E-state index contributed by atoms with van der Waals surface area (Å²) in [5, 5.41) is 4.65. The van der Waals surface area contributed by atoms with E-state index in [1.54, 1.807) is 18.0 Å². The zero-order chi connectivity index (χ0) is 37.2. The van der Waals surface area contributed by atoms with Gasteiger partial charge in [-0.2, -0.15) is 0 Å². The van der Waals surface area contributed by atoms with E-state index in [0.717, 1.165) is 27.6 Å². The van der Waals surface area contributed by atoms with Crippen molar-refractivity contribution in [3.8, 4) is 0 Å². The molecule has 1 fully saturated rings. The number of fused-ring (bicyclic) bond motifs is 1. The molecule has 0 aliphatic carbocycles. The fraction of sp³-hybridized carbons (Fsp3) is 0.364. The van der Waals surface area contributed by atoms with Crippen molar-refractivity contribution in [3.63, 3.8) is 0 Å². The first-order valence-electron chi connectivity index (χ1n) is 18.3. The number of rotatable bonds is 15. The normalized spacial score (nSPS) is 21.0. The lowest BCUT2D eigenvalue weighted by Gasteiger charge is -2.48. The fourth-order valence-corrected chi connectivity index (χ4v) is 7.48. The molecule has 0 bridgehead atoms. The van der Waals surface area contributed by atoms with Crippen LogP contribution >= 0.6 is 11.8 Å². The Morgan fingerprint density at radius 3 is 1.79 bits per heavy atom. The molecule has 1 aliphatic rings. The van der Waals surface area contributed by atoms with Crippen LogP contribution in [0.3, 0.4) is 0 Å². The van der Waals surface area contributed by atoms with Gasteiger partial charge in [-0.1, -0.05) is 123 Å². The van der Waals surface area contributed by atoms with Crippen molar-refractivity contribution in [2.45, 2.75) is 101 Å². The van der Waals surface area contributed by atoms with Crippen LogP contribution in [0.25, 0.3) is 10.9 Å². The molecule has 0 radical (unpaired) electrons. The average molecular weight is 735 g/mol. The van der Waals surface area contributed by atoms with Gasteiger partial charge < -0.3 is 29.0 Å². The van der Waals surface area contributed by atoms with Crippen LogP contribution in [-0.2, 0) is 48.3 Å². The Hall–Kier alpha value is -4.25.